The van der Waals surface area contributed by atoms with Crippen molar-refractivity contribution in [2.45, 2.75) is 75.5 Å². The zero-order valence-electron chi connectivity index (χ0n) is 19.3. The highest BCUT2D eigenvalue weighted by atomic mass is 16.6. The van der Waals surface area contributed by atoms with Gasteiger partial charge in [0.15, 0.2) is 23.4 Å². The number of esters is 1. The fourth-order valence-electron chi connectivity index (χ4n) is 6.80. The molecule has 1 aromatic carbocycles. The van der Waals surface area contributed by atoms with Crippen molar-refractivity contribution in [3.8, 4) is 11.5 Å². The Kier molecular flexibility index (Phi) is 4.66. The van der Waals surface area contributed by atoms with Crippen LogP contribution in [0.25, 0.3) is 0 Å². The average Bonchev–Trinajstić information content (AvgIpc) is 3.50. The molecule has 2 bridgehead atoms. The van der Waals surface area contributed by atoms with Crippen molar-refractivity contribution in [2.75, 3.05) is 13.1 Å². The number of hydrogen-bond donors (Lipinski definition) is 1. The molecule has 0 amide bonds. The van der Waals surface area contributed by atoms with Gasteiger partial charge in [-0.1, -0.05) is 23.8 Å². The second-order valence-electron chi connectivity index (χ2n) is 10.7. The molecule has 1 aromatic rings. The highest BCUT2D eigenvalue weighted by Crippen LogP contribution is 2.65. The molecule has 2 aliphatic heterocycles. The minimum absolute atomic E-state index is 0.00935. The van der Waals surface area contributed by atoms with Gasteiger partial charge in [-0.2, -0.15) is 0 Å². The maximum absolute atomic E-state index is 13.1. The number of aliphatic hydroxyl groups is 1. The van der Waals surface area contributed by atoms with E-state index < -0.39 is 23.1 Å². The molecule has 4 atom stereocenters. The molecule has 6 heteroatoms. The minimum atomic E-state index is -1.01. The van der Waals surface area contributed by atoms with Gasteiger partial charge >= 0.3 is 5.97 Å². The highest BCUT2D eigenvalue weighted by Gasteiger charge is 2.73. The quantitative estimate of drug-likeness (QED) is 0.322. The van der Waals surface area contributed by atoms with E-state index in [1.807, 2.05) is 26.0 Å². The number of piperidine rings is 1. The van der Waals surface area contributed by atoms with Crippen molar-refractivity contribution in [1.29, 1.82) is 0 Å². The summed E-state index contributed by atoms with van der Waals surface area (Å²) in [6.07, 6.45) is 8.91. The van der Waals surface area contributed by atoms with Gasteiger partial charge in [0, 0.05) is 30.6 Å². The summed E-state index contributed by atoms with van der Waals surface area (Å²) in [4.78, 5) is 28.0. The molecule has 1 N–H and O–H groups in total. The first-order valence-corrected chi connectivity index (χ1v) is 12.2. The van der Waals surface area contributed by atoms with Gasteiger partial charge in [-0.25, -0.2) is 4.79 Å². The third-order valence-electron chi connectivity index (χ3n) is 8.42. The number of ketones is 1. The Morgan fingerprint density at radius 3 is 2.88 bits per heavy atom. The summed E-state index contributed by atoms with van der Waals surface area (Å²) >= 11 is 0. The number of carbonyl (C=O) groups excluding carboxylic acids is 2. The van der Waals surface area contributed by atoms with Crippen LogP contribution in [0.5, 0.6) is 11.5 Å². The van der Waals surface area contributed by atoms with Crippen LogP contribution in [0, 0.1) is 5.92 Å². The van der Waals surface area contributed by atoms with Crippen LogP contribution in [0.2, 0.25) is 0 Å². The monoisotopic (exact) mass is 449 g/mol. The number of likely N-dealkylation sites (tertiary alicyclic amines) is 1. The van der Waals surface area contributed by atoms with Gasteiger partial charge in [-0.05, 0) is 70.0 Å². The van der Waals surface area contributed by atoms with E-state index in [-0.39, 0.29) is 11.8 Å². The summed E-state index contributed by atoms with van der Waals surface area (Å²) in [5.74, 6) is 1.09. The first-order valence-electron chi connectivity index (χ1n) is 12.2. The molecule has 174 valence electrons. The molecular weight excluding hydrogens is 418 g/mol. The molecule has 0 radical (unpaired) electrons. The van der Waals surface area contributed by atoms with Gasteiger partial charge < -0.3 is 14.6 Å². The molecular formula is C27H31NO5. The van der Waals surface area contributed by atoms with E-state index in [2.05, 4.69) is 4.90 Å². The summed E-state index contributed by atoms with van der Waals surface area (Å²) in [5.41, 5.74) is 1.33. The molecule has 6 rings (SSSR count). The second kappa shape index (κ2) is 7.28. The van der Waals surface area contributed by atoms with E-state index >= 15 is 0 Å². The molecule has 5 aliphatic rings. The Hall–Kier alpha value is -2.44. The molecule has 0 aromatic heterocycles. The van der Waals surface area contributed by atoms with Gasteiger partial charge in [-0.15, -0.1) is 0 Å². The predicted molar refractivity (Wildman–Crippen MR) is 122 cm³/mol. The van der Waals surface area contributed by atoms with E-state index in [0.29, 0.717) is 30.8 Å². The highest BCUT2D eigenvalue weighted by molar-refractivity contribution is 5.91. The van der Waals surface area contributed by atoms with Crippen LogP contribution in [0.15, 0.2) is 35.9 Å². The predicted octanol–water partition coefficient (Wildman–Crippen LogP) is 3.25. The molecule has 2 heterocycles. The second-order valence-corrected chi connectivity index (χ2v) is 10.7. The summed E-state index contributed by atoms with van der Waals surface area (Å²) in [6.45, 7) is 5.79. The van der Waals surface area contributed by atoms with Gasteiger partial charge in [0.05, 0.1) is 11.0 Å². The Bertz CT molecular complexity index is 1100. The number of allylic oxidation sites excluding steroid dienone is 3. The lowest BCUT2D eigenvalue weighted by atomic mass is 9.49. The molecule has 3 fully saturated rings. The minimum Gasteiger partial charge on any atom is -0.477 e. The fourth-order valence-corrected chi connectivity index (χ4v) is 6.80. The first kappa shape index (κ1) is 21.1. The van der Waals surface area contributed by atoms with Crippen molar-refractivity contribution in [2.24, 2.45) is 5.92 Å². The van der Waals surface area contributed by atoms with Crippen molar-refractivity contribution < 1.29 is 24.2 Å². The Morgan fingerprint density at radius 1 is 1.30 bits per heavy atom. The third-order valence-corrected chi connectivity index (χ3v) is 8.42. The number of Topliss-reactive ketones (excluding diaryl/α,β-unsaturated/α-hetero) is 1. The van der Waals surface area contributed by atoms with Crippen LogP contribution in [-0.2, 0) is 21.4 Å². The van der Waals surface area contributed by atoms with E-state index in [9.17, 15) is 14.7 Å². The molecule has 1 saturated heterocycles. The summed E-state index contributed by atoms with van der Waals surface area (Å²) in [5, 5.41) is 12.3. The smallest absolute Gasteiger partial charge is 0.336 e. The number of carbonyl (C=O) groups is 2. The van der Waals surface area contributed by atoms with E-state index in [1.54, 1.807) is 12.1 Å². The maximum atomic E-state index is 13.1. The zero-order valence-corrected chi connectivity index (χ0v) is 19.3. The Labute approximate surface area is 194 Å². The van der Waals surface area contributed by atoms with Crippen LogP contribution in [0.1, 0.15) is 57.1 Å². The van der Waals surface area contributed by atoms with Crippen molar-refractivity contribution >= 4 is 11.8 Å². The SMILES string of the molecule is CC(C)=C/C=C/C(=O)Oc1ccc2c3c1O[C@H]1C(=O)CC[C@@]4(O)[C@@H](C2)N(CC2CC2)CC[C@]314. The van der Waals surface area contributed by atoms with Crippen molar-refractivity contribution in [3.05, 3.63) is 47.1 Å². The third kappa shape index (κ3) is 3.00. The number of benzene rings is 1. The van der Waals surface area contributed by atoms with Crippen LogP contribution < -0.4 is 9.47 Å². The topological polar surface area (TPSA) is 76.1 Å². The summed E-state index contributed by atoms with van der Waals surface area (Å²) in [7, 11) is 0. The molecule has 6 nitrogen and oxygen atoms in total. The van der Waals surface area contributed by atoms with E-state index in [0.717, 1.165) is 42.1 Å². The Balaban J connectivity index is 1.41. The van der Waals surface area contributed by atoms with Crippen LogP contribution in [-0.4, -0.2) is 52.6 Å². The molecule has 2 saturated carbocycles. The normalized spacial score (nSPS) is 34.1. The molecule has 1 spiro atoms. The number of hydrogen-bond acceptors (Lipinski definition) is 6. The summed E-state index contributed by atoms with van der Waals surface area (Å²) < 4.78 is 12.0. The first-order chi connectivity index (χ1) is 15.8. The standard InChI is InChI=1S/C27H31NO5/c1-16(2)4-3-5-22(30)32-20-9-8-18-14-21-27(31)11-10-19(29)25-26(27,23(18)24(20)33-25)12-13-28(21)15-17-6-7-17/h3-5,8-9,17,21,25,31H,6-7,10-15H2,1-2H3/b5-3+/t21-,25+,26+,27-/m1/s1. The van der Waals surface area contributed by atoms with Crippen LogP contribution >= 0.6 is 0 Å². The van der Waals surface area contributed by atoms with Gasteiger partial charge in [0.1, 0.15) is 0 Å². The number of ether oxygens (including phenoxy) is 2. The fraction of sp³-hybridized carbons (Fsp3) is 0.556. The number of nitrogens with zero attached hydrogens (tertiary/aromatic N) is 1. The van der Waals surface area contributed by atoms with Crippen molar-refractivity contribution in [3.63, 3.8) is 0 Å². The van der Waals surface area contributed by atoms with Gasteiger partial charge in [0.2, 0.25) is 0 Å². The van der Waals surface area contributed by atoms with Crippen LogP contribution in [0.4, 0.5) is 0 Å². The maximum Gasteiger partial charge on any atom is 0.336 e. The number of rotatable bonds is 5. The van der Waals surface area contributed by atoms with Crippen molar-refractivity contribution in [1.82, 2.24) is 4.90 Å². The summed E-state index contributed by atoms with van der Waals surface area (Å²) in [6, 6.07) is 3.77. The molecule has 33 heavy (non-hydrogen) atoms. The molecule has 0 unspecified atom stereocenters. The van der Waals surface area contributed by atoms with Gasteiger partial charge in [0.25, 0.3) is 0 Å². The zero-order chi connectivity index (χ0) is 23.0. The molecule has 3 aliphatic carbocycles. The van der Waals surface area contributed by atoms with E-state index in [1.165, 1.54) is 18.9 Å². The van der Waals surface area contributed by atoms with E-state index in [4.69, 9.17) is 9.47 Å². The lowest BCUT2D eigenvalue weighted by molar-refractivity contribution is -0.188. The van der Waals surface area contributed by atoms with Crippen LogP contribution in [0.3, 0.4) is 0 Å². The Morgan fingerprint density at radius 2 is 2.12 bits per heavy atom. The lowest BCUT2D eigenvalue weighted by Gasteiger charge is -2.62. The lowest BCUT2D eigenvalue weighted by Crippen LogP contribution is -2.76. The largest absolute Gasteiger partial charge is 0.477 e. The van der Waals surface area contributed by atoms with Gasteiger partial charge in [-0.3, -0.25) is 9.69 Å². The average molecular weight is 450 g/mol.